The Bertz CT molecular complexity index is 392. The quantitative estimate of drug-likeness (QED) is 0.607. The molecule has 1 unspecified atom stereocenters. The lowest BCUT2D eigenvalue weighted by Crippen LogP contribution is -2.17. The molecule has 1 fully saturated rings. The Kier molecular flexibility index (Phi) is 4.33. The Morgan fingerprint density at radius 1 is 1.56 bits per heavy atom. The van der Waals surface area contributed by atoms with Gasteiger partial charge in [0.1, 0.15) is 6.33 Å². The summed E-state index contributed by atoms with van der Waals surface area (Å²) in [5.74, 6) is 7.39. The van der Waals surface area contributed by atoms with E-state index in [4.69, 9.17) is 15.3 Å². The summed E-state index contributed by atoms with van der Waals surface area (Å²) in [6.45, 7) is 6.34. The highest BCUT2D eigenvalue weighted by Crippen LogP contribution is 2.29. The highest BCUT2D eigenvalue weighted by atomic mass is 16.5. The van der Waals surface area contributed by atoms with Crippen molar-refractivity contribution in [1.29, 1.82) is 0 Å². The molecule has 1 aromatic rings. The number of nitrogens with one attached hydrogen (secondary N) is 1. The van der Waals surface area contributed by atoms with E-state index in [1.54, 1.807) is 0 Å². The summed E-state index contributed by atoms with van der Waals surface area (Å²) in [5.41, 5.74) is 3.51. The second-order valence-corrected chi connectivity index (χ2v) is 4.78. The van der Waals surface area contributed by atoms with E-state index in [0.717, 1.165) is 25.2 Å². The van der Waals surface area contributed by atoms with E-state index < -0.39 is 0 Å². The van der Waals surface area contributed by atoms with Gasteiger partial charge in [0.15, 0.2) is 5.82 Å². The minimum Gasteiger partial charge on any atom is -0.477 e. The second-order valence-electron chi connectivity index (χ2n) is 4.78. The standard InChI is InChI=1S/C12H20N4O2/c1-8(2)10-11(16-13)14-7-15-12(10)18-6-9-3-4-17-5-9/h7-9H,3-6,13H2,1-2H3,(H,14,15,16). The molecular weight excluding hydrogens is 232 g/mol. The van der Waals surface area contributed by atoms with Crippen LogP contribution in [0, 0.1) is 5.92 Å². The molecule has 6 heteroatoms. The van der Waals surface area contributed by atoms with Gasteiger partial charge in [0.25, 0.3) is 0 Å². The highest BCUT2D eigenvalue weighted by Gasteiger charge is 2.20. The number of nitrogens with two attached hydrogens (primary N) is 1. The first kappa shape index (κ1) is 13.0. The molecule has 18 heavy (non-hydrogen) atoms. The monoisotopic (exact) mass is 252 g/mol. The molecule has 0 radical (unpaired) electrons. The van der Waals surface area contributed by atoms with Crippen LogP contribution in [0.15, 0.2) is 6.33 Å². The van der Waals surface area contributed by atoms with E-state index >= 15 is 0 Å². The molecule has 2 rings (SSSR count). The van der Waals surface area contributed by atoms with Gasteiger partial charge in [-0.15, -0.1) is 0 Å². The molecule has 1 aliphatic rings. The minimum absolute atomic E-state index is 0.243. The molecular formula is C12H20N4O2. The van der Waals surface area contributed by atoms with Gasteiger partial charge in [-0.05, 0) is 12.3 Å². The fourth-order valence-corrected chi connectivity index (χ4v) is 2.04. The van der Waals surface area contributed by atoms with Gasteiger partial charge in [0, 0.05) is 12.5 Å². The van der Waals surface area contributed by atoms with E-state index in [1.165, 1.54) is 6.33 Å². The number of rotatable bonds is 5. The van der Waals surface area contributed by atoms with Gasteiger partial charge in [-0.3, -0.25) is 0 Å². The first-order valence-electron chi connectivity index (χ1n) is 6.24. The lowest BCUT2D eigenvalue weighted by Gasteiger charge is -2.16. The van der Waals surface area contributed by atoms with Crippen LogP contribution in [0.2, 0.25) is 0 Å². The fraction of sp³-hybridized carbons (Fsp3) is 0.667. The fourth-order valence-electron chi connectivity index (χ4n) is 2.04. The van der Waals surface area contributed by atoms with Gasteiger partial charge in [-0.25, -0.2) is 15.8 Å². The first-order valence-corrected chi connectivity index (χ1v) is 6.24. The molecule has 0 amide bonds. The number of nitrogen functional groups attached to an aromatic ring is 1. The SMILES string of the molecule is CC(C)c1c(NN)ncnc1OCC1CCOC1. The largest absolute Gasteiger partial charge is 0.477 e. The molecule has 1 atom stereocenters. The van der Waals surface area contributed by atoms with Crippen LogP contribution in [-0.2, 0) is 4.74 Å². The number of hydrazine groups is 1. The smallest absolute Gasteiger partial charge is 0.222 e. The normalized spacial score (nSPS) is 19.2. The molecule has 0 bridgehead atoms. The summed E-state index contributed by atoms with van der Waals surface area (Å²) >= 11 is 0. The van der Waals surface area contributed by atoms with Crippen molar-refractivity contribution < 1.29 is 9.47 Å². The number of anilines is 1. The van der Waals surface area contributed by atoms with Crippen molar-refractivity contribution in [1.82, 2.24) is 9.97 Å². The summed E-state index contributed by atoms with van der Waals surface area (Å²) < 4.78 is 11.1. The summed E-state index contributed by atoms with van der Waals surface area (Å²) in [6, 6.07) is 0. The number of hydrogen-bond donors (Lipinski definition) is 2. The lowest BCUT2D eigenvalue weighted by atomic mass is 10.1. The van der Waals surface area contributed by atoms with Gasteiger partial charge in [0.2, 0.25) is 5.88 Å². The molecule has 3 N–H and O–H groups in total. The Morgan fingerprint density at radius 2 is 2.39 bits per heavy atom. The van der Waals surface area contributed by atoms with Crippen LogP contribution in [0.4, 0.5) is 5.82 Å². The molecule has 0 saturated carbocycles. The summed E-state index contributed by atoms with van der Waals surface area (Å²) in [7, 11) is 0. The van der Waals surface area contributed by atoms with Crippen LogP contribution >= 0.6 is 0 Å². The molecule has 2 heterocycles. The summed E-state index contributed by atoms with van der Waals surface area (Å²) in [5, 5.41) is 0. The van der Waals surface area contributed by atoms with Crippen LogP contribution < -0.4 is 16.0 Å². The van der Waals surface area contributed by atoms with Crippen LogP contribution in [-0.4, -0.2) is 29.8 Å². The van der Waals surface area contributed by atoms with Crippen LogP contribution in [0.25, 0.3) is 0 Å². The Hall–Kier alpha value is -1.40. The van der Waals surface area contributed by atoms with Gasteiger partial charge < -0.3 is 14.9 Å². The zero-order chi connectivity index (χ0) is 13.0. The molecule has 1 saturated heterocycles. The molecule has 0 spiro atoms. The minimum atomic E-state index is 0.243. The molecule has 6 nitrogen and oxygen atoms in total. The Labute approximate surface area is 107 Å². The van der Waals surface area contributed by atoms with Gasteiger partial charge in [-0.2, -0.15) is 0 Å². The average molecular weight is 252 g/mol. The average Bonchev–Trinajstić information content (AvgIpc) is 2.88. The first-order chi connectivity index (χ1) is 8.72. The Morgan fingerprint density at radius 3 is 3.00 bits per heavy atom. The third-order valence-corrected chi connectivity index (χ3v) is 3.04. The van der Waals surface area contributed by atoms with E-state index in [-0.39, 0.29) is 5.92 Å². The third-order valence-electron chi connectivity index (χ3n) is 3.04. The number of aromatic nitrogens is 2. The third kappa shape index (κ3) is 2.88. The molecule has 1 aliphatic heterocycles. The van der Waals surface area contributed by atoms with E-state index in [2.05, 4.69) is 29.2 Å². The van der Waals surface area contributed by atoms with Crippen molar-refractivity contribution in [3.63, 3.8) is 0 Å². The van der Waals surface area contributed by atoms with Crippen LogP contribution in [0.1, 0.15) is 31.7 Å². The van der Waals surface area contributed by atoms with Crippen molar-refractivity contribution in [3.05, 3.63) is 11.9 Å². The lowest BCUT2D eigenvalue weighted by molar-refractivity contribution is 0.165. The molecule has 0 aliphatic carbocycles. The number of ether oxygens (including phenoxy) is 2. The van der Waals surface area contributed by atoms with Gasteiger partial charge in [0.05, 0.1) is 18.8 Å². The molecule has 100 valence electrons. The summed E-state index contributed by atoms with van der Waals surface area (Å²) in [4.78, 5) is 8.31. The van der Waals surface area contributed by atoms with E-state index in [9.17, 15) is 0 Å². The molecule has 1 aromatic heterocycles. The highest BCUT2D eigenvalue weighted by molar-refractivity contribution is 5.49. The van der Waals surface area contributed by atoms with Crippen LogP contribution in [0.5, 0.6) is 5.88 Å². The van der Waals surface area contributed by atoms with Gasteiger partial charge >= 0.3 is 0 Å². The predicted molar refractivity (Wildman–Crippen MR) is 68.4 cm³/mol. The number of hydrogen-bond acceptors (Lipinski definition) is 6. The van der Waals surface area contributed by atoms with Crippen LogP contribution in [0.3, 0.4) is 0 Å². The van der Waals surface area contributed by atoms with Crippen molar-refractivity contribution >= 4 is 5.82 Å². The Balaban J connectivity index is 2.10. The maximum Gasteiger partial charge on any atom is 0.222 e. The topological polar surface area (TPSA) is 82.3 Å². The van der Waals surface area contributed by atoms with E-state index in [0.29, 0.717) is 24.2 Å². The van der Waals surface area contributed by atoms with Crippen molar-refractivity contribution in [2.24, 2.45) is 11.8 Å². The van der Waals surface area contributed by atoms with Crippen molar-refractivity contribution in [3.8, 4) is 5.88 Å². The van der Waals surface area contributed by atoms with Gasteiger partial charge in [-0.1, -0.05) is 13.8 Å². The maximum absolute atomic E-state index is 5.80. The van der Waals surface area contributed by atoms with Crippen molar-refractivity contribution in [2.75, 3.05) is 25.2 Å². The molecule has 0 aromatic carbocycles. The number of nitrogens with zero attached hydrogens (tertiary/aromatic N) is 2. The predicted octanol–water partition coefficient (Wildman–Crippen LogP) is 1.30. The zero-order valence-electron chi connectivity index (χ0n) is 10.8. The maximum atomic E-state index is 5.80. The zero-order valence-corrected chi connectivity index (χ0v) is 10.8. The van der Waals surface area contributed by atoms with Crippen molar-refractivity contribution in [2.45, 2.75) is 26.2 Å². The second kappa shape index (κ2) is 5.97. The van der Waals surface area contributed by atoms with E-state index in [1.807, 2.05) is 0 Å². The summed E-state index contributed by atoms with van der Waals surface area (Å²) in [6.07, 6.45) is 2.51.